The molecule has 0 aromatic heterocycles. The number of carbonyl (C=O) groups excluding carboxylic acids is 1. The Kier molecular flexibility index (Phi) is 7.39. The van der Waals surface area contributed by atoms with E-state index in [4.69, 9.17) is 0 Å². The molecule has 0 radical (unpaired) electrons. The molecular formula is C15H31N3O. The summed E-state index contributed by atoms with van der Waals surface area (Å²) in [4.78, 5) is 14.3. The van der Waals surface area contributed by atoms with Gasteiger partial charge >= 0.3 is 0 Å². The molecule has 0 spiro atoms. The molecule has 112 valence electrons. The maximum absolute atomic E-state index is 11.7. The number of hydrogen-bond acceptors (Lipinski definition) is 3. The summed E-state index contributed by atoms with van der Waals surface area (Å²) in [6.07, 6.45) is 3.78. The van der Waals surface area contributed by atoms with Gasteiger partial charge in [0.25, 0.3) is 0 Å². The van der Waals surface area contributed by atoms with Crippen LogP contribution in [0.2, 0.25) is 0 Å². The third kappa shape index (κ3) is 5.49. The van der Waals surface area contributed by atoms with E-state index in [-0.39, 0.29) is 11.9 Å². The number of amides is 1. The average molecular weight is 269 g/mol. The largest absolute Gasteiger partial charge is 0.355 e. The lowest BCUT2D eigenvalue weighted by Gasteiger charge is -2.36. The summed E-state index contributed by atoms with van der Waals surface area (Å²) < 4.78 is 0. The number of piperidine rings is 1. The number of hydrogen-bond donors (Lipinski definition) is 2. The summed E-state index contributed by atoms with van der Waals surface area (Å²) in [5.74, 6) is 0.771. The lowest BCUT2D eigenvalue weighted by molar-refractivity contribution is -0.122. The molecule has 1 rings (SSSR count). The normalized spacial score (nSPS) is 23.9. The molecule has 1 fully saturated rings. The van der Waals surface area contributed by atoms with E-state index in [2.05, 4.69) is 29.4 Å². The fourth-order valence-corrected chi connectivity index (χ4v) is 2.95. The first-order chi connectivity index (χ1) is 9.08. The van der Waals surface area contributed by atoms with Crippen molar-refractivity contribution >= 4 is 5.91 Å². The van der Waals surface area contributed by atoms with Crippen molar-refractivity contribution in [2.75, 3.05) is 26.2 Å². The van der Waals surface area contributed by atoms with Gasteiger partial charge in [0.1, 0.15) is 0 Å². The predicted octanol–water partition coefficient (Wildman–Crippen LogP) is 1.61. The number of likely N-dealkylation sites (tertiary alicyclic amines) is 1. The zero-order valence-corrected chi connectivity index (χ0v) is 13.0. The third-order valence-electron chi connectivity index (χ3n) is 4.05. The first-order valence-corrected chi connectivity index (χ1v) is 7.84. The fourth-order valence-electron chi connectivity index (χ4n) is 2.95. The van der Waals surface area contributed by atoms with Gasteiger partial charge in [0.05, 0.1) is 6.04 Å². The van der Waals surface area contributed by atoms with Gasteiger partial charge in [-0.3, -0.25) is 4.79 Å². The lowest BCUT2D eigenvalue weighted by Crippen LogP contribution is -2.51. The Hall–Kier alpha value is -0.610. The van der Waals surface area contributed by atoms with Gasteiger partial charge in [-0.25, -0.2) is 0 Å². The summed E-state index contributed by atoms with van der Waals surface area (Å²) in [5.41, 5.74) is 0. The minimum atomic E-state index is -0.100. The average Bonchev–Trinajstić information content (AvgIpc) is 2.39. The zero-order chi connectivity index (χ0) is 14.3. The van der Waals surface area contributed by atoms with Crippen LogP contribution >= 0.6 is 0 Å². The van der Waals surface area contributed by atoms with Crippen molar-refractivity contribution in [3.8, 4) is 0 Å². The molecule has 19 heavy (non-hydrogen) atoms. The smallest absolute Gasteiger partial charge is 0.236 e. The first kappa shape index (κ1) is 16.4. The van der Waals surface area contributed by atoms with Crippen molar-refractivity contribution in [1.29, 1.82) is 0 Å². The van der Waals surface area contributed by atoms with Crippen LogP contribution in [-0.4, -0.2) is 49.1 Å². The molecule has 1 saturated heterocycles. The third-order valence-corrected chi connectivity index (χ3v) is 4.05. The number of nitrogens with zero attached hydrogens (tertiary/aromatic N) is 1. The van der Waals surface area contributed by atoms with E-state index in [0.717, 1.165) is 0 Å². The highest BCUT2D eigenvalue weighted by Gasteiger charge is 2.26. The second-order valence-corrected chi connectivity index (χ2v) is 5.77. The van der Waals surface area contributed by atoms with Crippen LogP contribution in [0, 0.1) is 5.92 Å². The van der Waals surface area contributed by atoms with Crippen molar-refractivity contribution in [3.05, 3.63) is 0 Å². The van der Waals surface area contributed by atoms with Gasteiger partial charge in [-0.1, -0.05) is 6.92 Å². The highest BCUT2D eigenvalue weighted by molar-refractivity contribution is 5.81. The Morgan fingerprint density at radius 2 is 2.11 bits per heavy atom. The molecule has 0 aromatic rings. The molecule has 3 unspecified atom stereocenters. The highest BCUT2D eigenvalue weighted by Crippen LogP contribution is 2.20. The van der Waals surface area contributed by atoms with E-state index in [9.17, 15) is 4.79 Å². The first-order valence-electron chi connectivity index (χ1n) is 7.84. The Morgan fingerprint density at radius 3 is 2.74 bits per heavy atom. The van der Waals surface area contributed by atoms with Crippen LogP contribution in [0.4, 0.5) is 0 Å². The second kappa shape index (κ2) is 8.54. The molecule has 1 aliphatic rings. The van der Waals surface area contributed by atoms with Crippen LogP contribution in [0.25, 0.3) is 0 Å². The number of rotatable bonds is 7. The summed E-state index contributed by atoms with van der Waals surface area (Å²) >= 11 is 0. The molecule has 0 saturated carbocycles. The van der Waals surface area contributed by atoms with Gasteiger partial charge in [-0.2, -0.15) is 0 Å². The molecule has 0 aromatic carbocycles. The zero-order valence-electron chi connectivity index (χ0n) is 13.0. The van der Waals surface area contributed by atoms with Crippen molar-refractivity contribution in [2.24, 2.45) is 5.92 Å². The number of likely N-dealkylation sites (N-methyl/N-ethyl adjacent to an activating group) is 1. The second-order valence-electron chi connectivity index (χ2n) is 5.77. The fraction of sp³-hybridized carbons (Fsp3) is 0.933. The molecule has 3 atom stereocenters. The van der Waals surface area contributed by atoms with Gasteiger partial charge in [-0.05, 0) is 59.0 Å². The van der Waals surface area contributed by atoms with Gasteiger partial charge in [0.2, 0.25) is 5.91 Å². The Bertz CT molecular complexity index is 268. The Labute approximate surface area is 118 Å². The lowest BCUT2D eigenvalue weighted by atomic mass is 9.91. The van der Waals surface area contributed by atoms with Gasteiger partial charge in [-0.15, -0.1) is 0 Å². The monoisotopic (exact) mass is 269 g/mol. The Balaban J connectivity index is 2.39. The quantitative estimate of drug-likeness (QED) is 0.738. The molecule has 0 aliphatic carbocycles. The maximum atomic E-state index is 11.7. The molecule has 4 heteroatoms. The van der Waals surface area contributed by atoms with Crippen molar-refractivity contribution in [1.82, 2.24) is 15.5 Å². The van der Waals surface area contributed by atoms with Crippen LogP contribution in [0.1, 0.15) is 47.0 Å². The molecule has 2 N–H and O–H groups in total. The van der Waals surface area contributed by atoms with Crippen LogP contribution in [0.5, 0.6) is 0 Å². The van der Waals surface area contributed by atoms with E-state index in [1.54, 1.807) is 0 Å². The molecular weight excluding hydrogens is 238 g/mol. The molecule has 0 bridgehead atoms. The van der Waals surface area contributed by atoms with E-state index in [1.165, 1.54) is 38.9 Å². The van der Waals surface area contributed by atoms with Gasteiger partial charge < -0.3 is 15.5 Å². The van der Waals surface area contributed by atoms with Gasteiger partial charge in [0, 0.05) is 19.1 Å². The summed E-state index contributed by atoms with van der Waals surface area (Å²) in [5, 5.41) is 6.33. The summed E-state index contributed by atoms with van der Waals surface area (Å²) in [6.45, 7) is 12.7. The molecule has 1 amide bonds. The minimum absolute atomic E-state index is 0.100. The highest BCUT2D eigenvalue weighted by atomic mass is 16.2. The number of nitrogens with one attached hydrogen (secondary N) is 2. The molecule has 1 heterocycles. The van der Waals surface area contributed by atoms with Crippen molar-refractivity contribution in [2.45, 2.75) is 59.0 Å². The van der Waals surface area contributed by atoms with Crippen LogP contribution < -0.4 is 10.6 Å². The van der Waals surface area contributed by atoms with E-state index >= 15 is 0 Å². The SMILES string of the molecule is CCCN1CCCC(C(C)NC(C)C(=O)NCC)C1. The standard InChI is InChI=1S/C15H31N3O/c1-5-9-18-10-7-8-14(11-18)12(3)17-13(4)15(19)16-6-2/h12-14,17H,5-11H2,1-4H3,(H,16,19). The topological polar surface area (TPSA) is 44.4 Å². The van der Waals surface area contributed by atoms with E-state index in [0.29, 0.717) is 18.5 Å². The predicted molar refractivity (Wildman–Crippen MR) is 80.2 cm³/mol. The minimum Gasteiger partial charge on any atom is -0.355 e. The number of carbonyl (C=O) groups is 1. The van der Waals surface area contributed by atoms with Crippen LogP contribution in [-0.2, 0) is 4.79 Å². The van der Waals surface area contributed by atoms with Crippen LogP contribution in [0.15, 0.2) is 0 Å². The molecule has 4 nitrogen and oxygen atoms in total. The maximum Gasteiger partial charge on any atom is 0.236 e. The summed E-state index contributed by atoms with van der Waals surface area (Å²) in [7, 11) is 0. The van der Waals surface area contributed by atoms with E-state index in [1.807, 2.05) is 13.8 Å². The summed E-state index contributed by atoms with van der Waals surface area (Å²) in [6, 6.07) is 0.300. The van der Waals surface area contributed by atoms with Crippen molar-refractivity contribution < 1.29 is 4.79 Å². The van der Waals surface area contributed by atoms with E-state index < -0.39 is 0 Å². The van der Waals surface area contributed by atoms with Gasteiger partial charge in [0.15, 0.2) is 0 Å². The Morgan fingerprint density at radius 1 is 1.37 bits per heavy atom. The van der Waals surface area contributed by atoms with Crippen LogP contribution in [0.3, 0.4) is 0 Å². The molecule has 1 aliphatic heterocycles. The van der Waals surface area contributed by atoms with Crippen molar-refractivity contribution in [3.63, 3.8) is 0 Å².